The van der Waals surface area contributed by atoms with Gasteiger partial charge in [0.2, 0.25) is 0 Å². The summed E-state index contributed by atoms with van der Waals surface area (Å²) in [5, 5.41) is 19.8. The predicted octanol–water partition coefficient (Wildman–Crippen LogP) is 3.07. The summed E-state index contributed by atoms with van der Waals surface area (Å²) >= 11 is 6.17. The van der Waals surface area contributed by atoms with Crippen LogP contribution in [0.5, 0.6) is 5.75 Å². The van der Waals surface area contributed by atoms with Gasteiger partial charge in [0.25, 0.3) is 0 Å². The van der Waals surface area contributed by atoms with Crippen LogP contribution in [0.15, 0.2) is 0 Å². The first-order chi connectivity index (χ1) is 6.91. The smallest absolute Gasteiger partial charge is 0.122 e. The van der Waals surface area contributed by atoms with Crippen LogP contribution in [0.3, 0.4) is 0 Å². The first-order valence-electron chi connectivity index (χ1n) is 5.00. The standard InChI is InChI=1S/C12H17ClO2/c1-6(5-14)10-9(4)11(13)7(2)8(3)12(10)15/h6,14-15H,5H2,1-4H3. The van der Waals surface area contributed by atoms with Crippen molar-refractivity contribution in [2.24, 2.45) is 0 Å². The topological polar surface area (TPSA) is 40.5 Å². The molecule has 3 heteroatoms. The molecule has 0 saturated carbocycles. The predicted molar refractivity (Wildman–Crippen MR) is 62.8 cm³/mol. The molecule has 0 radical (unpaired) electrons. The first kappa shape index (κ1) is 12.3. The molecular weight excluding hydrogens is 212 g/mol. The van der Waals surface area contributed by atoms with Crippen LogP contribution in [-0.2, 0) is 0 Å². The van der Waals surface area contributed by atoms with Crippen molar-refractivity contribution in [2.75, 3.05) is 6.61 Å². The molecule has 0 aliphatic heterocycles. The van der Waals surface area contributed by atoms with Gasteiger partial charge in [-0.3, -0.25) is 0 Å². The minimum absolute atomic E-state index is 0.00717. The van der Waals surface area contributed by atoms with Crippen LogP contribution >= 0.6 is 11.6 Å². The van der Waals surface area contributed by atoms with Crippen LogP contribution in [0.1, 0.15) is 35.1 Å². The third-order valence-corrected chi connectivity index (χ3v) is 3.57. The van der Waals surface area contributed by atoms with Crippen LogP contribution in [-0.4, -0.2) is 16.8 Å². The number of rotatable bonds is 2. The molecule has 1 aromatic rings. The summed E-state index contributed by atoms with van der Waals surface area (Å²) < 4.78 is 0. The Hall–Kier alpha value is -0.730. The summed E-state index contributed by atoms with van der Waals surface area (Å²) in [5.41, 5.74) is 3.31. The van der Waals surface area contributed by atoms with Crippen molar-refractivity contribution in [3.8, 4) is 5.75 Å². The Bertz CT molecular complexity index is 357. The van der Waals surface area contributed by atoms with Crippen molar-refractivity contribution in [1.82, 2.24) is 0 Å². The maximum Gasteiger partial charge on any atom is 0.122 e. The lowest BCUT2D eigenvalue weighted by Crippen LogP contribution is -2.04. The minimum Gasteiger partial charge on any atom is -0.507 e. The quantitative estimate of drug-likeness (QED) is 0.817. The van der Waals surface area contributed by atoms with Crippen molar-refractivity contribution < 1.29 is 10.2 Å². The van der Waals surface area contributed by atoms with Gasteiger partial charge in [0, 0.05) is 23.1 Å². The summed E-state index contributed by atoms with van der Waals surface area (Å²) in [6.45, 7) is 7.47. The molecular formula is C12H17ClO2. The van der Waals surface area contributed by atoms with Gasteiger partial charge in [-0.2, -0.15) is 0 Å². The van der Waals surface area contributed by atoms with Crippen molar-refractivity contribution in [1.29, 1.82) is 0 Å². The minimum atomic E-state index is -0.0956. The Morgan fingerprint density at radius 3 is 2.13 bits per heavy atom. The average molecular weight is 229 g/mol. The Labute approximate surface area is 95.5 Å². The summed E-state index contributed by atoms with van der Waals surface area (Å²) in [6, 6.07) is 0. The summed E-state index contributed by atoms with van der Waals surface area (Å²) in [7, 11) is 0. The van der Waals surface area contributed by atoms with Crippen molar-refractivity contribution in [3.63, 3.8) is 0 Å². The monoisotopic (exact) mass is 228 g/mol. The van der Waals surface area contributed by atoms with Gasteiger partial charge in [-0.1, -0.05) is 18.5 Å². The van der Waals surface area contributed by atoms with Gasteiger partial charge in [0.15, 0.2) is 0 Å². The number of aliphatic hydroxyl groups is 1. The van der Waals surface area contributed by atoms with Crippen molar-refractivity contribution in [2.45, 2.75) is 33.6 Å². The Morgan fingerprint density at radius 1 is 1.13 bits per heavy atom. The van der Waals surface area contributed by atoms with E-state index in [-0.39, 0.29) is 18.3 Å². The third-order valence-electron chi connectivity index (χ3n) is 3.00. The SMILES string of the molecule is Cc1c(C)c(Cl)c(C)c(C(C)CO)c1O. The third kappa shape index (κ3) is 1.97. The normalized spacial score (nSPS) is 12.9. The van der Waals surface area contributed by atoms with Gasteiger partial charge in [0.05, 0.1) is 0 Å². The van der Waals surface area contributed by atoms with Crippen LogP contribution in [0.25, 0.3) is 0 Å². The van der Waals surface area contributed by atoms with E-state index in [1.54, 1.807) is 0 Å². The molecule has 0 heterocycles. The molecule has 15 heavy (non-hydrogen) atoms. The van der Waals surface area contributed by atoms with E-state index in [1.807, 2.05) is 27.7 Å². The highest BCUT2D eigenvalue weighted by molar-refractivity contribution is 6.32. The van der Waals surface area contributed by atoms with Gasteiger partial charge < -0.3 is 10.2 Å². The number of aromatic hydroxyl groups is 1. The molecule has 2 nitrogen and oxygen atoms in total. The molecule has 1 aromatic carbocycles. The molecule has 0 bridgehead atoms. The molecule has 0 aliphatic rings. The van der Waals surface area contributed by atoms with Crippen LogP contribution in [0.4, 0.5) is 0 Å². The molecule has 1 unspecified atom stereocenters. The second kappa shape index (κ2) is 4.42. The Morgan fingerprint density at radius 2 is 1.67 bits per heavy atom. The maximum atomic E-state index is 10.0. The van der Waals surface area contributed by atoms with E-state index in [9.17, 15) is 5.11 Å². The van der Waals surface area contributed by atoms with Crippen molar-refractivity contribution >= 4 is 11.6 Å². The zero-order chi connectivity index (χ0) is 11.7. The van der Waals surface area contributed by atoms with Gasteiger partial charge in [-0.15, -0.1) is 0 Å². The van der Waals surface area contributed by atoms with E-state index < -0.39 is 0 Å². The molecule has 0 amide bonds. The number of hydrogen-bond acceptors (Lipinski definition) is 2. The van der Waals surface area contributed by atoms with Gasteiger partial charge >= 0.3 is 0 Å². The fraction of sp³-hybridized carbons (Fsp3) is 0.500. The molecule has 0 aromatic heterocycles. The molecule has 0 spiro atoms. The molecule has 2 N–H and O–H groups in total. The number of halogens is 1. The highest BCUT2D eigenvalue weighted by Gasteiger charge is 2.19. The van der Waals surface area contributed by atoms with E-state index in [1.165, 1.54) is 0 Å². The largest absolute Gasteiger partial charge is 0.507 e. The van der Waals surface area contributed by atoms with Crippen molar-refractivity contribution in [3.05, 3.63) is 27.3 Å². The second-order valence-corrected chi connectivity index (χ2v) is 4.41. The molecule has 84 valence electrons. The lowest BCUT2D eigenvalue weighted by Gasteiger charge is -2.19. The zero-order valence-electron chi connectivity index (χ0n) is 9.56. The number of hydrogen-bond donors (Lipinski definition) is 2. The van der Waals surface area contributed by atoms with Gasteiger partial charge in [0.1, 0.15) is 5.75 Å². The first-order valence-corrected chi connectivity index (χ1v) is 5.38. The summed E-state index contributed by atoms with van der Waals surface area (Å²) in [5.74, 6) is 0.165. The lowest BCUT2D eigenvalue weighted by molar-refractivity contribution is 0.270. The van der Waals surface area contributed by atoms with Gasteiger partial charge in [-0.05, 0) is 37.5 Å². The van der Waals surface area contributed by atoms with E-state index in [0.717, 1.165) is 22.3 Å². The van der Waals surface area contributed by atoms with Crippen LogP contribution in [0, 0.1) is 20.8 Å². The van der Waals surface area contributed by atoms with E-state index >= 15 is 0 Å². The lowest BCUT2D eigenvalue weighted by atomic mass is 9.91. The van der Waals surface area contributed by atoms with E-state index in [0.29, 0.717) is 5.02 Å². The number of benzene rings is 1. The van der Waals surface area contributed by atoms with E-state index in [2.05, 4.69) is 0 Å². The van der Waals surface area contributed by atoms with Crippen LogP contribution in [0.2, 0.25) is 5.02 Å². The average Bonchev–Trinajstić information content (AvgIpc) is 2.23. The summed E-state index contributed by atoms with van der Waals surface area (Å²) in [4.78, 5) is 0. The molecule has 0 saturated heterocycles. The Kier molecular flexibility index (Phi) is 3.63. The number of phenolic OH excluding ortho intramolecular Hbond substituents is 1. The highest BCUT2D eigenvalue weighted by Crippen LogP contribution is 2.38. The molecule has 1 atom stereocenters. The van der Waals surface area contributed by atoms with E-state index in [4.69, 9.17) is 16.7 Å². The molecule has 1 rings (SSSR count). The number of phenols is 1. The Balaban J connectivity index is 3.52. The van der Waals surface area contributed by atoms with Crippen LogP contribution < -0.4 is 0 Å². The zero-order valence-corrected chi connectivity index (χ0v) is 10.3. The molecule has 0 fully saturated rings. The van der Waals surface area contributed by atoms with Gasteiger partial charge in [-0.25, -0.2) is 0 Å². The second-order valence-electron chi connectivity index (χ2n) is 4.03. The fourth-order valence-electron chi connectivity index (χ4n) is 1.82. The highest BCUT2D eigenvalue weighted by atomic mass is 35.5. The fourth-order valence-corrected chi connectivity index (χ4v) is 2.06. The maximum absolute atomic E-state index is 10.0. The summed E-state index contributed by atoms with van der Waals surface area (Å²) in [6.07, 6.45) is 0. The number of aliphatic hydroxyl groups excluding tert-OH is 1. The molecule has 0 aliphatic carbocycles.